The molecule has 0 aliphatic heterocycles. The lowest BCUT2D eigenvalue weighted by atomic mass is 10.0. The highest BCUT2D eigenvalue weighted by atomic mass is 15.1. The Morgan fingerprint density at radius 1 is 0.357 bits per heavy atom. The van der Waals surface area contributed by atoms with E-state index in [0.29, 0.717) is 0 Å². The van der Waals surface area contributed by atoms with Gasteiger partial charge < -0.3 is 0 Å². The van der Waals surface area contributed by atoms with Gasteiger partial charge in [0, 0.05) is 0 Å². The summed E-state index contributed by atoms with van der Waals surface area (Å²) in [6.45, 7) is 7.01. The smallest absolute Gasteiger partial charge is 0.237 e. The Balaban J connectivity index is 1.78. The second kappa shape index (κ2) is 33.1. The van der Waals surface area contributed by atoms with Crippen molar-refractivity contribution in [2.45, 2.75) is 239 Å². The molecule has 0 unspecified atom stereocenters. The summed E-state index contributed by atoms with van der Waals surface area (Å²) in [5, 5.41) is 0. The first-order chi connectivity index (χ1) is 20.9. The Morgan fingerprint density at radius 3 is 0.976 bits per heavy atom. The summed E-state index contributed by atoms with van der Waals surface area (Å²) in [5.41, 5.74) is 0. The number of hydrogen-bond acceptors (Lipinski definition) is 0. The van der Waals surface area contributed by atoms with Crippen molar-refractivity contribution in [2.75, 3.05) is 0 Å². The molecule has 0 saturated heterocycles. The summed E-state index contributed by atoms with van der Waals surface area (Å²) in [6.07, 6.45) is 54.7. The van der Waals surface area contributed by atoms with E-state index < -0.39 is 0 Å². The highest BCUT2D eigenvalue weighted by molar-refractivity contribution is 4.66. The number of aromatic nitrogens is 2. The van der Waals surface area contributed by atoms with Crippen LogP contribution < -0.4 is 4.57 Å². The lowest BCUT2D eigenvalue weighted by Gasteiger charge is -2.03. The van der Waals surface area contributed by atoms with Crippen molar-refractivity contribution in [3.8, 4) is 0 Å². The average molecular weight is 588 g/mol. The van der Waals surface area contributed by atoms with Gasteiger partial charge in [-0.2, -0.15) is 0 Å². The molecule has 1 rings (SSSR count). The minimum absolute atomic E-state index is 1.20. The number of rotatable bonds is 35. The minimum Gasteiger partial charge on any atom is -0.237 e. The Bertz CT molecular complexity index is 621. The van der Waals surface area contributed by atoms with Gasteiger partial charge in [0.2, 0.25) is 6.33 Å². The van der Waals surface area contributed by atoms with Crippen LogP contribution in [0.15, 0.2) is 18.7 Å². The van der Waals surface area contributed by atoms with Gasteiger partial charge in [-0.3, -0.25) is 0 Å². The molecule has 0 spiro atoms. The van der Waals surface area contributed by atoms with Crippen molar-refractivity contribution >= 4 is 0 Å². The van der Waals surface area contributed by atoms with Crippen molar-refractivity contribution < 1.29 is 4.57 Å². The monoisotopic (exact) mass is 588 g/mol. The fourth-order valence-corrected chi connectivity index (χ4v) is 6.57. The SMILES string of the molecule is CCCCCCCCCCCCCCCCCCC[n+]1ccn(CCCCCCCCCCCCCCCCCC)c1. The minimum atomic E-state index is 1.20. The molecule has 0 aliphatic rings. The summed E-state index contributed by atoms with van der Waals surface area (Å²) in [5.74, 6) is 0. The van der Waals surface area contributed by atoms with Crippen molar-refractivity contribution in [2.24, 2.45) is 0 Å². The predicted molar refractivity (Wildman–Crippen MR) is 188 cm³/mol. The number of imidazole rings is 1. The van der Waals surface area contributed by atoms with E-state index in [0.717, 1.165) is 0 Å². The Kier molecular flexibility index (Phi) is 30.9. The van der Waals surface area contributed by atoms with E-state index in [2.05, 4.69) is 41.7 Å². The first-order valence-corrected chi connectivity index (χ1v) is 19.9. The number of hydrogen-bond donors (Lipinski definition) is 0. The third-order valence-electron chi connectivity index (χ3n) is 9.54. The molecule has 0 aliphatic carbocycles. The Hall–Kier alpha value is -0.790. The van der Waals surface area contributed by atoms with Gasteiger partial charge in [-0.05, 0) is 25.7 Å². The van der Waals surface area contributed by atoms with Crippen molar-refractivity contribution in [3.05, 3.63) is 18.7 Å². The van der Waals surface area contributed by atoms with Crippen molar-refractivity contribution in [1.29, 1.82) is 0 Å². The molecule has 0 atom stereocenters. The first-order valence-electron chi connectivity index (χ1n) is 19.9. The third kappa shape index (κ3) is 28.0. The molecule has 42 heavy (non-hydrogen) atoms. The third-order valence-corrected chi connectivity index (χ3v) is 9.54. The van der Waals surface area contributed by atoms with Crippen LogP contribution in [0.4, 0.5) is 0 Å². The molecule has 2 nitrogen and oxygen atoms in total. The van der Waals surface area contributed by atoms with Crippen LogP contribution in [0, 0.1) is 0 Å². The molecule has 0 radical (unpaired) electrons. The fourth-order valence-electron chi connectivity index (χ4n) is 6.57. The van der Waals surface area contributed by atoms with Crippen LogP contribution in [0.1, 0.15) is 226 Å². The summed E-state index contributed by atoms with van der Waals surface area (Å²) < 4.78 is 4.83. The maximum absolute atomic E-state index is 2.41. The zero-order chi connectivity index (χ0) is 30.0. The van der Waals surface area contributed by atoms with E-state index in [9.17, 15) is 0 Å². The zero-order valence-electron chi connectivity index (χ0n) is 29.4. The zero-order valence-corrected chi connectivity index (χ0v) is 29.4. The molecule has 0 fully saturated rings. The number of aryl methyl sites for hydroxylation is 2. The van der Waals surface area contributed by atoms with E-state index in [1.165, 1.54) is 225 Å². The maximum atomic E-state index is 2.41. The quantitative estimate of drug-likeness (QED) is 0.0551. The molecule has 0 bridgehead atoms. The molecule has 2 heteroatoms. The van der Waals surface area contributed by atoms with Crippen molar-refractivity contribution in [3.63, 3.8) is 0 Å². The molecule has 0 N–H and O–H groups in total. The first kappa shape index (κ1) is 39.2. The lowest BCUT2D eigenvalue weighted by Crippen LogP contribution is -2.30. The molecule has 248 valence electrons. The Labute approximate surface area is 266 Å². The van der Waals surface area contributed by atoms with Crippen LogP contribution in [0.2, 0.25) is 0 Å². The molecule has 1 heterocycles. The van der Waals surface area contributed by atoms with Crippen LogP contribution in [0.25, 0.3) is 0 Å². The van der Waals surface area contributed by atoms with Crippen LogP contribution in [0.5, 0.6) is 0 Å². The van der Waals surface area contributed by atoms with Gasteiger partial charge in [0.15, 0.2) is 0 Å². The van der Waals surface area contributed by atoms with Gasteiger partial charge in [0.05, 0.1) is 13.1 Å². The fraction of sp³-hybridized carbons (Fsp3) is 0.925. The molecule has 0 aromatic carbocycles. The largest absolute Gasteiger partial charge is 0.243 e. The Morgan fingerprint density at radius 2 is 0.643 bits per heavy atom. The van der Waals surface area contributed by atoms with E-state index in [4.69, 9.17) is 0 Å². The highest BCUT2D eigenvalue weighted by Crippen LogP contribution is 2.15. The summed E-state index contributed by atoms with van der Waals surface area (Å²) in [6, 6.07) is 0. The second-order valence-electron chi connectivity index (χ2n) is 13.8. The molecule has 0 amide bonds. The standard InChI is InChI=1S/C40H79N2/c1-3-5-7-9-11-13-15-17-19-21-23-25-27-29-31-33-35-37-42-39-38-41(40-42)36-34-32-30-28-26-24-22-20-18-16-14-12-10-8-6-4-2/h38-40H,3-37H2,1-2H3/q+1. The van der Waals surface area contributed by atoms with Crippen LogP contribution in [0.3, 0.4) is 0 Å². The molecule has 1 aromatic rings. The van der Waals surface area contributed by atoms with Gasteiger partial charge in [0.25, 0.3) is 0 Å². The van der Waals surface area contributed by atoms with Crippen molar-refractivity contribution in [1.82, 2.24) is 4.57 Å². The molecular formula is C40H79N2+. The lowest BCUT2D eigenvalue weighted by molar-refractivity contribution is -0.696. The van der Waals surface area contributed by atoms with Crippen LogP contribution in [-0.4, -0.2) is 4.57 Å². The van der Waals surface area contributed by atoms with Crippen LogP contribution >= 0.6 is 0 Å². The number of nitrogens with zero attached hydrogens (tertiary/aromatic N) is 2. The van der Waals surface area contributed by atoms with Crippen LogP contribution in [-0.2, 0) is 13.1 Å². The van der Waals surface area contributed by atoms with Gasteiger partial charge in [-0.1, -0.05) is 200 Å². The summed E-state index contributed by atoms with van der Waals surface area (Å²) in [7, 11) is 0. The molecule has 0 saturated carbocycles. The highest BCUT2D eigenvalue weighted by Gasteiger charge is 2.04. The van der Waals surface area contributed by atoms with Gasteiger partial charge in [-0.15, -0.1) is 0 Å². The number of unbranched alkanes of at least 4 members (excludes halogenated alkanes) is 31. The van der Waals surface area contributed by atoms with E-state index in [-0.39, 0.29) is 0 Å². The molecule has 1 aromatic heterocycles. The van der Waals surface area contributed by atoms with E-state index in [1.807, 2.05) is 0 Å². The van der Waals surface area contributed by atoms with Gasteiger partial charge in [0.1, 0.15) is 12.4 Å². The summed E-state index contributed by atoms with van der Waals surface area (Å²) >= 11 is 0. The topological polar surface area (TPSA) is 8.81 Å². The maximum Gasteiger partial charge on any atom is 0.243 e. The average Bonchev–Trinajstić information content (AvgIpc) is 3.46. The normalized spacial score (nSPS) is 11.6. The van der Waals surface area contributed by atoms with E-state index >= 15 is 0 Å². The van der Waals surface area contributed by atoms with Gasteiger partial charge in [-0.25, -0.2) is 9.13 Å². The van der Waals surface area contributed by atoms with Gasteiger partial charge >= 0.3 is 0 Å². The molecular weight excluding hydrogens is 508 g/mol. The van der Waals surface area contributed by atoms with E-state index in [1.54, 1.807) is 0 Å². The summed E-state index contributed by atoms with van der Waals surface area (Å²) in [4.78, 5) is 0. The second-order valence-corrected chi connectivity index (χ2v) is 13.8. The predicted octanol–water partition coefficient (Wildman–Crippen LogP) is 13.7.